The molecule has 204 valence electrons. The highest BCUT2D eigenvalue weighted by Gasteiger charge is 2.45. The minimum absolute atomic E-state index is 0.201. The van der Waals surface area contributed by atoms with Gasteiger partial charge in [0, 0.05) is 17.3 Å². The van der Waals surface area contributed by atoms with Crippen LogP contribution in [-0.2, 0) is 4.79 Å². The van der Waals surface area contributed by atoms with E-state index in [9.17, 15) is 9.59 Å². The summed E-state index contributed by atoms with van der Waals surface area (Å²) in [7, 11) is 6.28. The van der Waals surface area contributed by atoms with E-state index in [2.05, 4.69) is 5.32 Å². The van der Waals surface area contributed by atoms with Crippen LogP contribution >= 0.6 is 0 Å². The van der Waals surface area contributed by atoms with Crippen LogP contribution in [0.25, 0.3) is 0 Å². The van der Waals surface area contributed by atoms with E-state index < -0.39 is 12.0 Å². The Labute approximate surface area is 233 Å². The fraction of sp³-hybridized carbons (Fsp3) is 0.188. The number of carbonyl (C=O) groups is 2. The molecule has 0 saturated carbocycles. The number of carbonyl (C=O) groups excluding carboxylic acids is 2. The Kier molecular flexibility index (Phi) is 7.59. The fourth-order valence-corrected chi connectivity index (χ4v) is 5.10. The number of methoxy groups -OCH3 is 4. The fourth-order valence-electron chi connectivity index (χ4n) is 5.10. The van der Waals surface area contributed by atoms with Crippen molar-refractivity contribution < 1.29 is 28.5 Å². The van der Waals surface area contributed by atoms with E-state index in [0.717, 1.165) is 5.56 Å². The van der Waals surface area contributed by atoms with Gasteiger partial charge in [0.05, 0.1) is 46.1 Å². The lowest BCUT2D eigenvalue weighted by Crippen LogP contribution is -2.46. The third-order valence-corrected chi connectivity index (χ3v) is 7.10. The first-order chi connectivity index (χ1) is 19.5. The molecule has 0 bridgehead atoms. The van der Waals surface area contributed by atoms with Crippen molar-refractivity contribution in [3.05, 3.63) is 108 Å². The Balaban J connectivity index is 1.67. The molecule has 8 nitrogen and oxygen atoms in total. The molecule has 0 radical (unpaired) electrons. The number of anilines is 2. The van der Waals surface area contributed by atoms with Crippen molar-refractivity contribution >= 4 is 23.2 Å². The molecule has 8 heteroatoms. The summed E-state index contributed by atoms with van der Waals surface area (Å²) in [6, 6.07) is 26.4. The first kappa shape index (κ1) is 26.6. The van der Waals surface area contributed by atoms with Crippen LogP contribution < -0.4 is 29.2 Å². The lowest BCUT2D eigenvalue weighted by Gasteiger charge is -2.42. The van der Waals surface area contributed by atoms with E-state index >= 15 is 0 Å². The van der Waals surface area contributed by atoms with Crippen LogP contribution in [0.15, 0.2) is 91.0 Å². The lowest BCUT2D eigenvalue weighted by molar-refractivity contribution is -0.118. The molecule has 1 heterocycles. The van der Waals surface area contributed by atoms with Crippen LogP contribution in [0, 0.1) is 0 Å². The molecule has 2 unspecified atom stereocenters. The topological polar surface area (TPSA) is 86.3 Å². The van der Waals surface area contributed by atoms with Crippen LogP contribution in [0.4, 0.5) is 11.4 Å². The Hall–Kier alpha value is -4.98. The van der Waals surface area contributed by atoms with Crippen molar-refractivity contribution in [1.29, 1.82) is 0 Å². The maximum Gasteiger partial charge on any atom is 0.259 e. The highest BCUT2D eigenvalue weighted by Crippen LogP contribution is 2.46. The number of fused-ring (bicyclic) bond motifs is 1. The van der Waals surface area contributed by atoms with Crippen LogP contribution in [0.1, 0.15) is 33.4 Å². The van der Waals surface area contributed by atoms with Gasteiger partial charge < -0.3 is 24.3 Å². The van der Waals surface area contributed by atoms with Gasteiger partial charge in [-0.05, 0) is 65.7 Å². The minimum Gasteiger partial charge on any atom is -0.497 e. The molecule has 2 amide bonds. The molecular formula is C32H30N2O6. The Morgan fingerprint density at radius 1 is 0.725 bits per heavy atom. The molecule has 1 N–H and O–H groups in total. The molecule has 1 aliphatic heterocycles. The van der Waals surface area contributed by atoms with Gasteiger partial charge in [-0.25, -0.2) is 0 Å². The SMILES string of the molecule is COc1ccc(C2C(C(=O)Nc3ccc(OC)cc3OC)c3ccccc3C(=O)N2c2ccc(OC)cc2)cc1. The summed E-state index contributed by atoms with van der Waals surface area (Å²) in [5, 5.41) is 3.05. The van der Waals surface area contributed by atoms with Gasteiger partial charge >= 0.3 is 0 Å². The summed E-state index contributed by atoms with van der Waals surface area (Å²) in [5.74, 6) is 1.15. The average Bonchev–Trinajstić information content (AvgIpc) is 3.01. The summed E-state index contributed by atoms with van der Waals surface area (Å²) < 4.78 is 21.5. The first-order valence-corrected chi connectivity index (χ1v) is 12.7. The second kappa shape index (κ2) is 11.4. The third kappa shape index (κ3) is 4.91. The van der Waals surface area contributed by atoms with Crippen LogP contribution in [0.5, 0.6) is 23.0 Å². The summed E-state index contributed by atoms with van der Waals surface area (Å²) in [4.78, 5) is 30.0. The van der Waals surface area contributed by atoms with Crippen molar-refractivity contribution in [2.75, 3.05) is 38.7 Å². The number of nitrogens with one attached hydrogen (secondary N) is 1. The van der Waals surface area contributed by atoms with E-state index in [1.807, 2.05) is 48.5 Å². The zero-order chi connectivity index (χ0) is 28.2. The molecule has 0 saturated heterocycles. The molecule has 4 aromatic carbocycles. The highest BCUT2D eigenvalue weighted by molar-refractivity contribution is 6.12. The van der Waals surface area contributed by atoms with Gasteiger partial charge in [0.1, 0.15) is 23.0 Å². The van der Waals surface area contributed by atoms with Crippen molar-refractivity contribution in [3.63, 3.8) is 0 Å². The molecule has 5 rings (SSSR count). The van der Waals surface area contributed by atoms with Crippen molar-refractivity contribution in [1.82, 2.24) is 0 Å². The molecule has 40 heavy (non-hydrogen) atoms. The number of amides is 2. The van der Waals surface area contributed by atoms with Gasteiger partial charge in [-0.15, -0.1) is 0 Å². The maximum atomic E-state index is 14.3. The number of rotatable bonds is 8. The van der Waals surface area contributed by atoms with Gasteiger partial charge in [-0.2, -0.15) is 0 Å². The van der Waals surface area contributed by atoms with Crippen molar-refractivity contribution in [3.8, 4) is 23.0 Å². The number of benzene rings is 4. The van der Waals surface area contributed by atoms with Crippen LogP contribution in [0.2, 0.25) is 0 Å². The summed E-state index contributed by atoms with van der Waals surface area (Å²) in [6.07, 6.45) is 0. The smallest absolute Gasteiger partial charge is 0.259 e. The van der Waals surface area contributed by atoms with Gasteiger partial charge in [0.25, 0.3) is 5.91 Å². The maximum absolute atomic E-state index is 14.3. The standard InChI is InChI=1S/C32H30N2O6/c1-37-22-13-9-20(10-14-22)30-29(31(35)33-27-18-17-24(39-3)19-28(27)40-4)25-7-5-6-8-26(25)32(36)34(30)21-11-15-23(38-2)16-12-21/h5-19,29-30H,1-4H3,(H,33,35). The van der Waals surface area contributed by atoms with Gasteiger partial charge in [0.2, 0.25) is 5.91 Å². The predicted octanol–water partition coefficient (Wildman–Crippen LogP) is 5.85. The molecular weight excluding hydrogens is 508 g/mol. The van der Waals surface area contributed by atoms with E-state index in [1.165, 1.54) is 7.11 Å². The molecule has 0 fully saturated rings. The Morgan fingerprint density at radius 3 is 1.95 bits per heavy atom. The van der Waals surface area contributed by atoms with Crippen LogP contribution in [-0.4, -0.2) is 40.3 Å². The lowest BCUT2D eigenvalue weighted by atomic mass is 9.78. The normalized spacial score (nSPS) is 16.1. The number of nitrogens with zero attached hydrogens (tertiary/aromatic N) is 1. The van der Waals surface area contributed by atoms with Gasteiger partial charge in [-0.3, -0.25) is 14.5 Å². The third-order valence-electron chi connectivity index (χ3n) is 7.10. The van der Waals surface area contributed by atoms with Gasteiger partial charge in [0.15, 0.2) is 0 Å². The second-order valence-electron chi connectivity index (χ2n) is 9.21. The first-order valence-electron chi connectivity index (χ1n) is 12.7. The molecule has 2 atom stereocenters. The summed E-state index contributed by atoms with van der Waals surface area (Å²) in [6.45, 7) is 0. The summed E-state index contributed by atoms with van der Waals surface area (Å²) in [5.41, 5.74) is 3.02. The molecule has 4 aromatic rings. The molecule has 0 aliphatic carbocycles. The predicted molar refractivity (Wildman–Crippen MR) is 153 cm³/mol. The largest absolute Gasteiger partial charge is 0.497 e. The average molecular weight is 539 g/mol. The number of hydrogen-bond acceptors (Lipinski definition) is 6. The zero-order valence-corrected chi connectivity index (χ0v) is 22.7. The van der Waals surface area contributed by atoms with Gasteiger partial charge in [-0.1, -0.05) is 30.3 Å². The van der Waals surface area contributed by atoms with Crippen LogP contribution in [0.3, 0.4) is 0 Å². The molecule has 0 aromatic heterocycles. The van der Waals surface area contributed by atoms with E-state index in [0.29, 0.717) is 45.5 Å². The van der Waals surface area contributed by atoms with E-state index in [-0.39, 0.29) is 11.8 Å². The van der Waals surface area contributed by atoms with Crippen molar-refractivity contribution in [2.24, 2.45) is 0 Å². The minimum atomic E-state index is -0.754. The zero-order valence-electron chi connectivity index (χ0n) is 22.7. The Morgan fingerprint density at radius 2 is 1.32 bits per heavy atom. The Bertz CT molecular complexity index is 1520. The van der Waals surface area contributed by atoms with E-state index in [1.54, 1.807) is 68.7 Å². The van der Waals surface area contributed by atoms with Crippen molar-refractivity contribution in [2.45, 2.75) is 12.0 Å². The second-order valence-corrected chi connectivity index (χ2v) is 9.21. The molecule has 1 aliphatic rings. The van der Waals surface area contributed by atoms with E-state index in [4.69, 9.17) is 18.9 Å². The highest BCUT2D eigenvalue weighted by atomic mass is 16.5. The monoisotopic (exact) mass is 538 g/mol. The number of ether oxygens (including phenoxy) is 4. The molecule has 0 spiro atoms. The number of hydrogen-bond donors (Lipinski definition) is 1. The quantitative estimate of drug-likeness (QED) is 0.303. The summed E-state index contributed by atoms with van der Waals surface area (Å²) >= 11 is 0.